The number of ether oxygens (including phenoxy) is 10. The second-order valence-corrected chi connectivity index (χ2v) is 12.9. The Kier molecular flexibility index (Phi) is 24.9. The van der Waals surface area contributed by atoms with E-state index in [-0.39, 0.29) is 37.1 Å². The van der Waals surface area contributed by atoms with Gasteiger partial charge in [0.15, 0.2) is 12.6 Å². The van der Waals surface area contributed by atoms with E-state index in [1.54, 1.807) is 7.11 Å². The summed E-state index contributed by atoms with van der Waals surface area (Å²) >= 11 is 0. The summed E-state index contributed by atoms with van der Waals surface area (Å²) in [6, 6.07) is 0. The molecule has 0 N–H and O–H groups in total. The van der Waals surface area contributed by atoms with Crippen molar-refractivity contribution >= 4 is 0 Å². The van der Waals surface area contributed by atoms with E-state index in [1.165, 1.54) is 0 Å². The van der Waals surface area contributed by atoms with Crippen molar-refractivity contribution in [2.75, 3.05) is 60.0 Å². The van der Waals surface area contributed by atoms with Crippen molar-refractivity contribution < 1.29 is 47.4 Å². The van der Waals surface area contributed by atoms with Crippen molar-refractivity contribution in [3.05, 3.63) is 0 Å². The quantitative estimate of drug-likeness (QED) is 0.0756. The molecule has 0 spiro atoms. The van der Waals surface area contributed by atoms with E-state index in [4.69, 9.17) is 47.4 Å². The third kappa shape index (κ3) is 16.0. The average molecular weight is 677 g/mol. The van der Waals surface area contributed by atoms with Gasteiger partial charge in [0.05, 0.1) is 19.3 Å². The number of methoxy groups -OCH3 is 1. The Hall–Kier alpha value is -0.400. The molecule has 0 bridgehead atoms. The van der Waals surface area contributed by atoms with Crippen LogP contribution in [0.5, 0.6) is 0 Å². The van der Waals surface area contributed by atoms with Gasteiger partial charge in [-0.3, -0.25) is 0 Å². The standard InChI is InChI=1S/C37H72O10/c1-8-14-20-39-27-30-33(41-22-16-10-3)29(40-21-15-9-2)26-32(46-30)45-28-31-34(42-23-17-11-4)35(43-24-18-12-5)36(37(38-7)47-31)44-25-19-13-6/h29-37H,8-28H2,1-7H3/t29?,30?,31?,32-,33+,34-,35+,36?,37+/m1/s1. The molecule has 9 atom stereocenters. The molecule has 2 saturated heterocycles. The molecular weight excluding hydrogens is 604 g/mol. The Bertz CT molecular complexity index is 715. The zero-order valence-corrected chi connectivity index (χ0v) is 31.1. The molecule has 2 aliphatic heterocycles. The number of rotatable bonds is 29. The topological polar surface area (TPSA) is 92.3 Å². The van der Waals surface area contributed by atoms with E-state index < -0.39 is 24.8 Å². The van der Waals surface area contributed by atoms with Gasteiger partial charge in [-0.2, -0.15) is 0 Å². The van der Waals surface area contributed by atoms with Gasteiger partial charge >= 0.3 is 0 Å². The van der Waals surface area contributed by atoms with Gasteiger partial charge < -0.3 is 47.4 Å². The molecule has 4 unspecified atom stereocenters. The fraction of sp³-hybridized carbons (Fsp3) is 1.00. The fourth-order valence-electron chi connectivity index (χ4n) is 5.76. The number of unbranched alkanes of at least 4 members (excludes halogenated alkanes) is 6. The molecule has 2 rings (SSSR count). The number of hydrogen-bond acceptors (Lipinski definition) is 10. The highest BCUT2D eigenvalue weighted by molar-refractivity contribution is 4.93. The Morgan fingerprint density at radius 3 is 1.49 bits per heavy atom. The average Bonchev–Trinajstić information content (AvgIpc) is 3.08. The Morgan fingerprint density at radius 1 is 0.468 bits per heavy atom. The van der Waals surface area contributed by atoms with Crippen molar-refractivity contribution in [3.8, 4) is 0 Å². The second kappa shape index (κ2) is 27.3. The molecular formula is C37H72O10. The Morgan fingerprint density at radius 2 is 0.936 bits per heavy atom. The van der Waals surface area contributed by atoms with E-state index in [2.05, 4.69) is 41.5 Å². The van der Waals surface area contributed by atoms with Gasteiger partial charge in [-0.05, 0) is 38.5 Å². The lowest BCUT2D eigenvalue weighted by atomic mass is 9.97. The maximum atomic E-state index is 6.58. The molecule has 280 valence electrons. The molecule has 2 heterocycles. The first-order valence-corrected chi connectivity index (χ1v) is 19.2. The maximum absolute atomic E-state index is 6.58. The summed E-state index contributed by atoms with van der Waals surface area (Å²) in [5, 5.41) is 0. The van der Waals surface area contributed by atoms with Crippen molar-refractivity contribution in [1.29, 1.82) is 0 Å². The summed E-state index contributed by atoms with van der Waals surface area (Å²) in [6.07, 6.45) is 9.38. The number of hydrogen-bond donors (Lipinski definition) is 0. The Labute approximate surface area is 287 Å². The van der Waals surface area contributed by atoms with Crippen LogP contribution >= 0.6 is 0 Å². The molecule has 0 aromatic rings. The third-order valence-corrected chi connectivity index (χ3v) is 8.74. The van der Waals surface area contributed by atoms with Gasteiger partial charge in [-0.25, -0.2) is 0 Å². The van der Waals surface area contributed by atoms with Crippen molar-refractivity contribution in [3.63, 3.8) is 0 Å². The minimum atomic E-state index is -0.605. The SMILES string of the molecule is CCCCOCC1O[C@@H](OCC2O[C@H](OC)C(OCCCC)[C@@H](OCCCC)[C@@H]2OCCCC)CC(OCCCC)[C@@H]1OCCCC. The van der Waals surface area contributed by atoms with E-state index in [1.807, 2.05) is 0 Å². The Balaban J connectivity index is 2.25. The first-order valence-electron chi connectivity index (χ1n) is 19.2. The predicted molar refractivity (Wildman–Crippen MR) is 184 cm³/mol. The largest absolute Gasteiger partial charge is 0.379 e. The van der Waals surface area contributed by atoms with Crippen molar-refractivity contribution in [2.45, 2.75) is 180 Å². The minimum absolute atomic E-state index is 0.158. The fourth-order valence-corrected chi connectivity index (χ4v) is 5.76. The van der Waals surface area contributed by atoms with E-state index in [9.17, 15) is 0 Å². The van der Waals surface area contributed by atoms with Crippen LogP contribution in [-0.4, -0.2) is 115 Å². The maximum Gasteiger partial charge on any atom is 0.186 e. The smallest absolute Gasteiger partial charge is 0.186 e. The molecule has 10 heteroatoms. The molecule has 2 fully saturated rings. The molecule has 0 aliphatic carbocycles. The predicted octanol–water partition coefficient (Wildman–Crippen LogP) is 7.23. The summed E-state index contributed by atoms with van der Waals surface area (Å²) in [6.45, 7) is 17.5. The summed E-state index contributed by atoms with van der Waals surface area (Å²) in [7, 11) is 1.66. The molecule has 47 heavy (non-hydrogen) atoms. The highest BCUT2D eigenvalue weighted by Crippen LogP contribution is 2.32. The van der Waals surface area contributed by atoms with Gasteiger partial charge in [-0.15, -0.1) is 0 Å². The summed E-state index contributed by atoms with van der Waals surface area (Å²) < 4.78 is 63.9. The first kappa shape index (κ1) is 42.8. The molecule has 10 nitrogen and oxygen atoms in total. The van der Waals surface area contributed by atoms with Gasteiger partial charge in [0, 0.05) is 53.2 Å². The zero-order chi connectivity index (χ0) is 34.1. The van der Waals surface area contributed by atoms with Crippen LogP contribution < -0.4 is 0 Å². The highest BCUT2D eigenvalue weighted by atomic mass is 16.7. The molecule has 0 aromatic heterocycles. The summed E-state index contributed by atoms with van der Waals surface area (Å²) in [5.41, 5.74) is 0. The zero-order valence-electron chi connectivity index (χ0n) is 31.1. The van der Waals surface area contributed by atoms with Gasteiger partial charge in [-0.1, -0.05) is 80.1 Å². The van der Waals surface area contributed by atoms with Gasteiger partial charge in [0.25, 0.3) is 0 Å². The molecule has 0 radical (unpaired) electrons. The van der Waals surface area contributed by atoms with E-state index in [0.29, 0.717) is 52.7 Å². The van der Waals surface area contributed by atoms with Crippen LogP contribution in [0, 0.1) is 0 Å². The molecule has 0 amide bonds. The summed E-state index contributed by atoms with van der Waals surface area (Å²) in [5.74, 6) is 0. The summed E-state index contributed by atoms with van der Waals surface area (Å²) in [4.78, 5) is 0. The van der Waals surface area contributed by atoms with Crippen LogP contribution in [0.25, 0.3) is 0 Å². The van der Waals surface area contributed by atoms with E-state index >= 15 is 0 Å². The van der Waals surface area contributed by atoms with Crippen LogP contribution in [0.4, 0.5) is 0 Å². The van der Waals surface area contributed by atoms with Crippen molar-refractivity contribution in [1.82, 2.24) is 0 Å². The van der Waals surface area contributed by atoms with Crippen LogP contribution in [0.2, 0.25) is 0 Å². The van der Waals surface area contributed by atoms with Crippen LogP contribution in [-0.2, 0) is 47.4 Å². The van der Waals surface area contributed by atoms with Crippen LogP contribution in [0.1, 0.15) is 125 Å². The lowest BCUT2D eigenvalue weighted by molar-refractivity contribution is -0.330. The molecule has 0 saturated carbocycles. The van der Waals surface area contributed by atoms with Crippen LogP contribution in [0.15, 0.2) is 0 Å². The highest BCUT2D eigenvalue weighted by Gasteiger charge is 2.49. The minimum Gasteiger partial charge on any atom is -0.379 e. The second-order valence-electron chi connectivity index (χ2n) is 12.9. The lowest BCUT2D eigenvalue weighted by Crippen LogP contribution is -2.62. The van der Waals surface area contributed by atoms with Gasteiger partial charge in [0.2, 0.25) is 0 Å². The van der Waals surface area contributed by atoms with E-state index in [0.717, 1.165) is 77.0 Å². The monoisotopic (exact) mass is 677 g/mol. The first-order chi connectivity index (χ1) is 23.1. The lowest BCUT2D eigenvalue weighted by Gasteiger charge is -2.46. The third-order valence-electron chi connectivity index (χ3n) is 8.74. The molecule has 0 aromatic carbocycles. The van der Waals surface area contributed by atoms with Gasteiger partial charge in [0.1, 0.15) is 36.6 Å². The van der Waals surface area contributed by atoms with Crippen molar-refractivity contribution in [2.24, 2.45) is 0 Å². The molecule has 2 aliphatic rings. The van der Waals surface area contributed by atoms with Crippen LogP contribution in [0.3, 0.4) is 0 Å². The normalized spacial score (nSPS) is 29.8.